The van der Waals surface area contributed by atoms with E-state index in [-0.39, 0.29) is 18.5 Å². The maximum atomic E-state index is 11.3. The minimum absolute atomic E-state index is 0.0530. The summed E-state index contributed by atoms with van der Waals surface area (Å²) in [7, 11) is 0. The zero-order chi connectivity index (χ0) is 12.7. The van der Waals surface area contributed by atoms with E-state index in [1.807, 2.05) is 19.1 Å². The fourth-order valence-corrected chi connectivity index (χ4v) is 1.58. The van der Waals surface area contributed by atoms with E-state index in [4.69, 9.17) is 9.84 Å². The first-order valence-corrected chi connectivity index (χ1v) is 5.88. The van der Waals surface area contributed by atoms with E-state index >= 15 is 0 Å². The van der Waals surface area contributed by atoms with Crippen molar-refractivity contribution in [3.8, 4) is 0 Å². The molecule has 0 saturated heterocycles. The summed E-state index contributed by atoms with van der Waals surface area (Å²) in [5.41, 5.74) is 1.87. The first kappa shape index (κ1) is 13.6. The van der Waals surface area contributed by atoms with Crippen LogP contribution in [-0.4, -0.2) is 29.3 Å². The van der Waals surface area contributed by atoms with Crippen LogP contribution in [0.5, 0.6) is 0 Å². The van der Waals surface area contributed by atoms with Gasteiger partial charge in [0.1, 0.15) is 0 Å². The Morgan fingerprint density at radius 3 is 2.82 bits per heavy atom. The maximum absolute atomic E-state index is 11.3. The molecule has 0 saturated carbocycles. The van der Waals surface area contributed by atoms with Gasteiger partial charge in [-0.15, -0.1) is 0 Å². The fraction of sp³-hybridized carbons (Fsp3) is 0.538. The fourth-order valence-electron chi connectivity index (χ4n) is 1.58. The molecule has 1 aromatic rings. The van der Waals surface area contributed by atoms with Gasteiger partial charge in [0, 0.05) is 24.4 Å². The Kier molecular flexibility index (Phi) is 5.63. The quantitative estimate of drug-likeness (QED) is 0.765. The predicted molar refractivity (Wildman–Crippen MR) is 64.7 cm³/mol. The Bertz CT molecular complexity index is 348. The van der Waals surface area contributed by atoms with Gasteiger partial charge in [-0.25, -0.2) is 0 Å². The van der Waals surface area contributed by atoms with Crippen LogP contribution in [-0.2, 0) is 16.0 Å². The molecule has 1 rings (SSSR count). The SMILES string of the molecule is CCOC(=O)CC(C)c1ccc(CCO)cn1. The molecule has 0 bridgehead atoms. The van der Waals surface area contributed by atoms with E-state index in [0.29, 0.717) is 19.4 Å². The molecular weight excluding hydrogens is 218 g/mol. The highest BCUT2D eigenvalue weighted by Gasteiger charge is 2.12. The summed E-state index contributed by atoms with van der Waals surface area (Å²) in [5, 5.41) is 8.79. The number of hydrogen-bond donors (Lipinski definition) is 1. The number of nitrogens with zero attached hydrogens (tertiary/aromatic N) is 1. The number of rotatable bonds is 6. The summed E-state index contributed by atoms with van der Waals surface area (Å²) in [5.74, 6) is -0.140. The molecule has 0 aliphatic rings. The number of ether oxygens (including phenoxy) is 1. The highest BCUT2D eigenvalue weighted by Crippen LogP contribution is 2.17. The Morgan fingerprint density at radius 2 is 2.29 bits per heavy atom. The smallest absolute Gasteiger partial charge is 0.306 e. The van der Waals surface area contributed by atoms with Crippen molar-refractivity contribution >= 4 is 5.97 Å². The van der Waals surface area contributed by atoms with Crippen molar-refractivity contribution in [3.05, 3.63) is 29.6 Å². The van der Waals surface area contributed by atoms with Gasteiger partial charge in [-0.3, -0.25) is 9.78 Å². The largest absolute Gasteiger partial charge is 0.466 e. The maximum Gasteiger partial charge on any atom is 0.306 e. The van der Waals surface area contributed by atoms with Gasteiger partial charge in [0.2, 0.25) is 0 Å². The van der Waals surface area contributed by atoms with Gasteiger partial charge in [-0.1, -0.05) is 13.0 Å². The third kappa shape index (κ3) is 4.53. The average Bonchev–Trinajstić information content (AvgIpc) is 2.30. The average molecular weight is 237 g/mol. The molecular formula is C13H19NO3. The lowest BCUT2D eigenvalue weighted by atomic mass is 10.0. The van der Waals surface area contributed by atoms with Crippen molar-refractivity contribution in [2.75, 3.05) is 13.2 Å². The minimum Gasteiger partial charge on any atom is -0.466 e. The molecule has 0 fully saturated rings. The molecule has 1 unspecified atom stereocenters. The van der Waals surface area contributed by atoms with Gasteiger partial charge >= 0.3 is 5.97 Å². The third-order valence-corrected chi connectivity index (χ3v) is 2.53. The van der Waals surface area contributed by atoms with Gasteiger partial charge in [-0.05, 0) is 25.0 Å². The summed E-state index contributed by atoms with van der Waals surface area (Å²) in [6, 6.07) is 3.83. The van der Waals surface area contributed by atoms with E-state index in [1.54, 1.807) is 13.1 Å². The lowest BCUT2D eigenvalue weighted by Crippen LogP contribution is -2.09. The van der Waals surface area contributed by atoms with Gasteiger partial charge in [0.25, 0.3) is 0 Å². The van der Waals surface area contributed by atoms with Crippen molar-refractivity contribution in [2.24, 2.45) is 0 Å². The van der Waals surface area contributed by atoms with Crippen molar-refractivity contribution < 1.29 is 14.6 Å². The predicted octanol–water partition coefficient (Wildman–Crippen LogP) is 1.67. The van der Waals surface area contributed by atoms with Crippen molar-refractivity contribution in [1.82, 2.24) is 4.98 Å². The number of carbonyl (C=O) groups is 1. The number of hydrogen-bond acceptors (Lipinski definition) is 4. The van der Waals surface area contributed by atoms with Crippen LogP contribution in [0.25, 0.3) is 0 Å². The van der Waals surface area contributed by atoms with Crippen LogP contribution in [0.1, 0.15) is 37.4 Å². The van der Waals surface area contributed by atoms with Crippen molar-refractivity contribution in [2.45, 2.75) is 32.6 Å². The molecule has 0 amide bonds. The van der Waals surface area contributed by atoms with Gasteiger partial charge < -0.3 is 9.84 Å². The van der Waals surface area contributed by atoms with E-state index in [9.17, 15) is 4.79 Å². The van der Waals surface area contributed by atoms with E-state index < -0.39 is 0 Å². The molecule has 4 nitrogen and oxygen atoms in total. The monoisotopic (exact) mass is 237 g/mol. The summed E-state index contributed by atoms with van der Waals surface area (Å²) in [6.45, 7) is 4.28. The Hall–Kier alpha value is -1.42. The number of carbonyl (C=O) groups excluding carboxylic acids is 1. The van der Waals surface area contributed by atoms with Gasteiger partial charge in [-0.2, -0.15) is 0 Å². The summed E-state index contributed by atoms with van der Waals surface area (Å²) >= 11 is 0. The molecule has 0 radical (unpaired) electrons. The number of aliphatic hydroxyl groups is 1. The van der Waals surface area contributed by atoms with Crippen LogP contribution in [0, 0.1) is 0 Å². The Balaban J connectivity index is 2.56. The molecule has 1 N–H and O–H groups in total. The van der Waals surface area contributed by atoms with E-state index in [1.165, 1.54) is 0 Å². The Morgan fingerprint density at radius 1 is 1.53 bits per heavy atom. The summed E-state index contributed by atoms with van der Waals surface area (Å²) < 4.78 is 4.90. The second-order valence-electron chi connectivity index (χ2n) is 3.98. The van der Waals surface area contributed by atoms with Crippen LogP contribution in [0.3, 0.4) is 0 Å². The lowest BCUT2D eigenvalue weighted by molar-refractivity contribution is -0.143. The van der Waals surface area contributed by atoms with Crippen LogP contribution < -0.4 is 0 Å². The summed E-state index contributed by atoms with van der Waals surface area (Å²) in [6.07, 6.45) is 2.70. The minimum atomic E-state index is -0.193. The topological polar surface area (TPSA) is 59.4 Å². The number of esters is 1. The highest BCUT2D eigenvalue weighted by atomic mass is 16.5. The molecule has 1 atom stereocenters. The van der Waals surface area contributed by atoms with Crippen LogP contribution in [0.4, 0.5) is 0 Å². The third-order valence-electron chi connectivity index (χ3n) is 2.53. The highest BCUT2D eigenvalue weighted by molar-refractivity contribution is 5.70. The van der Waals surface area contributed by atoms with Crippen LogP contribution >= 0.6 is 0 Å². The molecule has 17 heavy (non-hydrogen) atoms. The van der Waals surface area contributed by atoms with E-state index in [2.05, 4.69) is 4.98 Å². The van der Waals surface area contributed by atoms with Gasteiger partial charge in [0.05, 0.1) is 13.0 Å². The number of aliphatic hydroxyl groups excluding tert-OH is 1. The Labute approximate surface area is 102 Å². The normalized spacial score (nSPS) is 12.2. The van der Waals surface area contributed by atoms with E-state index in [0.717, 1.165) is 11.3 Å². The van der Waals surface area contributed by atoms with Crippen molar-refractivity contribution in [3.63, 3.8) is 0 Å². The molecule has 0 aromatic carbocycles. The lowest BCUT2D eigenvalue weighted by Gasteiger charge is -2.10. The summed E-state index contributed by atoms with van der Waals surface area (Å²) in [4.78, 5) is 15.6. The van der Waals surface area contributed by atoms with Crippen LogP contribution in [0.2, 0.25) is 0 Å². The van der Waals surface area contributed by atoms with Crippen LogP contribution in [0.15, 0.2) is 18.3 Å². The molecule has 94 valence electrons. The second-order valence-corrected chi connectivity index (χ2v) is 3.98. The van der Waals surface area contributed by atoms with Crippen molar-refractivity contribution in [1.29, 1.82) is 0 Å². The molecule has 4 heteroatoms. The number of pyridine rings is 1. The standard InChI is InChI=1S/C13H19NO3/c1-3-17-13(16)8-10(2)12-5-4-11(6-7-15)9-14-12/h4-5,9-10,15H,3,6-8H2,1-2H3. The zero-order valence-corrected chi connectivity index (χ0v) is 10.3. The number of aromatic nitrogens is 1. The molecule has 0 aliphatic carbocycles. The molecule has 0 aliphatic heterocycles. The second kappa shape index (κ2) is 7.01. The molecule has 0 spiro atoms. The molecule has 1 aromatic heterocycles. The zero-order valence-electron chi connectivity index (χ0n) is 10.3. The first-order valence-electron chi connectivity index (χ1n) is 5.88. The first-order chi connectivity index (χ1) is 8.17. The van der Waals surface area contributed by atoms with Gasteiger partial charge in [0.15, 0.2) is 0 Å². The molecule has 1 heterocycles.